The molecule has 3 rings (SSSR count). The van der Waals surface area contributed by atoms with E-state index in [0.717, 1.165) is 11.2 Å². The molecular formula is C12H11N5O. The van der Waals surface area contributed by atoms with Gasteiger partial charge in [-0.1, -0.05) is 6.07 Å². The monoisotopic (exact) mass is 241 g/mol. The number of H-pyrrole nitrogens is 1. The highest BCUT2D eigenvalue weighted by Gasteiger charge is 2.09. The number of fused-ring (bicyclic) bond motifs is 1. The lowest BCUT2D eigenvalue weighted by molar-refractivity contribution is 0.0946. The van der Waals surface area contributed by atoms with Crippen molar-refractivity contribution in [2.45, 2.75) is 6.54 Å². The lowest BCUT2D eigenvalue weighted by Crippen LogP contribution is -2.22. The first-order valence-corrected chi connectivity index (χ1v) is 5.52. The summed E-state index contributed by atoms with van der Waals surface area (Å²) in [6, 6.07) is 5.63. The van der Waals surface area contributed by atoms with E-state index in [4.69, 9.17) is 0 Å². The number of carbonyl (C=O) groups excluding carboxylic acids is 1. The van der Waals surface area contributed by atoms with Crippen molar-refractivity contribution < 1.29 is 4.79 Å². The fourth-order valence-corrected chi connectivity index (χ4v) is 1.69. The van der Waals surface area contributed by atoms with Gasteiger partial charge in [0, 0.05) is 30.7 Å². The molecule has 0 aliphatic heterocycles. The van der Waals surface area contributed by atoms with Gasteiger partial charge in [-0.3, -0.25) is 9.89 Å². The Morgan fingerprint density at radius 3 is 3.17 bits per heavy atom. The summed E-state index contributed by atoms with van der Waals surface area (Å²) in [5.74, 6) is -0.195. The van der Waals surface area contributed by atoms with E-state index >= 15 is 0 Å². The molecule has 6 heteroatoms. The van der Waals surface area contributed by atoms with Gasteiger partial charge in [0.2, 0.25) is 0 Å². The highest BCUT2D eigenvalue weighted by Crippen LogP contribution is 2.04. The summed E-state index contributed by atoms with van der Waals surface area (Å²) in [5, 5.41) is 9.29. The second-order valence-corrected chi connectivity index (χ2v) is 3.88. The van der Waals surface area contributed by atoms with Gasteiger partial charge in [-0.25, -0.2) is 4.98 Å². The van der Waals surface area contributed by atoms with E-state index in [0.29, 0.717) is 12.2 Å². The normalized spacial score (nSPS) is 10.7. The Hall–Kier alpha value is -2.63. The van der Waals surface area contributed by atoms with Crippen molar-refractivity contribution in [1.82, 2.24) is 24.9 Å². The van der Waals surface area contributed by atoms with Gasteiger partial charge in [0.25, 0.3) is 5.91 Å². The molecule has 0 fully saturated rings. The van der Waals surface area contributed by atoms with E-state index in [1.165, 1.54) is 0 Å². The van der Waals surface area contributed by atoms with Gasteiger partial charge in [0.05, 0.1) is 6.20 Å². The van der Waals surface area contributed by atoms with Crippen molar-refractivity contribution in [1.29, 1.82) is 0 Å². The van der Waals surface area contributed by atoms with E-state index < -0.39 is 0 Å². The quantitative estimate of drug-likeness (QED) is 0.718. The van der Waals surface area contributed by atoms with Crippen LogP contribution < -0.4 is 5.32 Å². The van der Waals surface area contributed by atoms with Crippen LogP contribution in [0.1, 0.15) is 16.1 Å². The molecule has 1 amide bonds. The van der Waals surface area contributed by atoms with E-state index in [2.05, 4.69) is 20.5 Å². The van der Waals surface area contributed by atoms with Crippen LogP contribution in [0, 0.1) is 0 Å². The van der Waals surface area contributed by atoms with Gasteiger partial charge in [-0.2, -0.15) is 5.10 Å². The summed E-state index contributed by atoms with van der Waals surface area (Å²) in [7, 11) is 0. The van der Waals surface area contributed by atoms with Crippen LogP contribution in [0.3, 0.4) is 0 Å². The third-order valence-electron chi connectivity index (χ3n) is 2.60. The molecule has 0 bridgehead atoms. The Balaban J connectivity index is 1.75. The molecule has 0 aliphatic carbocycles. The zero-order valence-electron chi connectivity index (χ0n) is 9.50. The molecule has 6 nitrogen and oxygen atoms in total. The second-order valence-electron chi connectivity index (χ2n) is 3.88. The summed E-state index contributed by atoms with van der Waals surface area (Å²) >= 11 is 0. The maximum atomic E-state index is 11.9. The molecule has 18 heavy (non-hydrogen) atoms. The molecule has 0 saturated heterocycles. The SMILES string of the molecule is O=C(NCc1cn[nH]c1)c1cn2ccccc2n1. The number of aromatic amines is 1. The summed E-state index contributed by atoms with van der Waals surface area (Å²) in [6.45, 7) is 0.434. The molecule has 3 aromatic rings. The van der Waals surface area contributed by atoms with Gasteiger partial charge in [0.1, 0.15) is 11.3 Å². The Morgan fingerprint density at radius 1 is 1.44 bits per heavy atom. The van der Waals surface area contributed by atoms with Crippen LogP contribution in [-0.4, -0.2) is 25.5 Å². The van der Waals surface area contributed by atoms with Gasteiger partial charge < -0.3 is 9.72 Å². The van der Waals surface area contributed by atoms with Crippen molar-refractivity contribution in [3.8, 4) is 0 Å². The number of hydrogen-bond donors (Lipinski definition) is 2. The molecular weight excluding hydrogens is 230 g/mol. The van der Waals surface area contributed by atoms with Crippen molar-refractivity contribution in [2.75, 3.05) is 0 Å². The van der Waals surface area contributed by atoms with Crippen LogP contribution >= 0.6 is 0 Å². The molecule has 0 aliphatic rings. The van der Waals surface area contributed by atoms with E-state index in [1.807, 2.05) is 28.8 Å². The number of carbonyl (C=O) groups is 1. The lowest BCUT2D eigenvalue weighted by Gasteiger charge is -1.99. The number of imidazole rings is 1. The minimum Gasteiger partial charge on any atom is -0.346 e. The Morgan fingerprint density at radius 2 is 2.39 bits per heavy atom. The number of amides is 1. The lowest BCUT2D eigenvalue weighted by atomic mass is 10.3. The summed E-state index contributed by atoms with van der Waals surface area (Å²) in [6.07, 6.45) is 6.98. The summed E-state index contributed by atoms with van der Waals surface area (Å²) in [5.41, 5.74) is 2.09. The first kappa shape index (κ1) is 10.5. The molecule has 3 aromatic heterocycles. The van der Waals surface area contributed by atoms with Crippen LogP contribution in [0.2, 0.25) is 0 Å². The standard InChI is InChI=1S/C12H11N5O/c18-12(13-5-9-6-14-15-7-9)10-8-17-4-2-1-3-11(17)16-10/h1-4,6-8H,5H2,(H,13,18)(H,14,15). The molecule has 0 aromatic carbocycles. The zero-order chi connectivity index (χ0) is 12.4. The Labute approximate surface area is 103 Å². The van der Waals surface area contributed by atoms with Crippen molar-refractivity contribution in [3.05, 3.63) is 54.2 Å². The van der Waals surface area contributed by atoms with Crippen LogP contribution in [-0.2, 0) is 6.54 Å². The molecule has 0 unspecified atom stereocenters. The predicted octanol–water partition coefficient (Wildman–Crippen LogP) is 0.987. The Bertz CT molecular complexity index is 638. The average Bonchev–Trinajstić information content (AvgIpc) is 3.04. The molecule has 0 radical (unpaired) electrons. The molecule has 0 saturated carbocycles. The molecule has 0 atom stereocenters. The summed E-state index contributed by atoms with van der Waals surface area (Å²) < 4.78 is 1.81. The van der Waals surface area contributed by atoms with Crippen LogP contribution in [0.25, 0.3) is 5.65 Å². The third-order valence-corrected chi connectivity index (χ3v) is 2.60. The van der Waals surface area contributed by atoms with Crippen LogP contribution in [0.5, 0.6) is 0 Å². The van der Waals surface area contributed by atoms with Crippen LogP contribution in [0.15, 0.2) is 43.0 Å². The van der Waals surface area contributed by atoms with Crippen molar-refractivity contribution >= 4 is 11.6 Å². The number of hydrogen-bond acceptors (Lipinski definition) is 3. The van der Waals surface area contributed by atoms with Crippen molar-refractivity contribution in [3.63, 3.8) is 0 Å². The number of pyridine rings is 1. The highest BCUT2D eigenvalue weighted by atomic mass is 16.1. The number of aromatic nitrogens is 4. The highest BCUT2D eigenvalue weighted by molar-refractivity contribution is 5.92. The summed E-state index contributed by atoms with van der Waals surface area (Å²) in [4.78, 5) is 16.1. The first-order valence-electron chi connectivity index (χ1n) is 5.52. The minimum atomic E-state index is -0.195. The molecule has 0 spiro atoms. The van der Waals surface area contributed by atoms with E-state index in [1.54, 1.807) is 18.6 Å². The average molecular weight is 241 g/mol. The smallest absolute Gasteiger partial charge is 0.271 e. The minimum absolute atomic E-state index is 0.195. The molecule has 3 heterocycles. The second kappa shape index (κ2) is 4.33. The van der Waals surface area contributed by atoms with Gasteiger partial charge in [-0.15, -0.1) is 0 Å². The number of rotatable bonds is 3. The van der Waals surface area contributed by atoms with Gasteiger partial charge >= 0.3 is 0 Å². The maximum Gasteiger partial charge on any atom is 0.271 e. The van der Waals surface area contributed by atoms with E-state index in [-0.39, 0.29) is 5.91 Å². The van der Waals surface area contributed by atoms with Crippen LogP contribution in [0.4, 0.5) is 0 Å². The fraction of sp³-hybridized carbons (Fsp3) is 0.0833. The number of nitrogens with one attached hydrogen (secondary N) is 2. The zero-order valence-corrected chi connectivity index (χ0v) is 9.50. The Kier molecular flexibility index (Phi) is 2.53. The predicted molar refractivity (Wildman–Crippen MR) is 64.9 cm³/mol. The molecule has 2 N–H and O–H groups in total. The van der Waals surface area contributed by atoms with Gasteiger partial charge in [0.15, 0.2) is 0 Å². The van der Waals surface area contributed by atoms with Gasteiger partial charge in [-0.05, 0) is 12.1 Å². The van der Waals surface area contributed by atoms with E-state index in [9.17, 15) is 4.79 Å². The van der Waals surface area contributed by atoms with Crippen molar-refractivity contribution in [2.24, 2.45) is 0 Å². The molecule has 90 valence electrons. The first-order chi connectivity index (χ1) is 8.83. The fourth-order valence-electron chi connectivity index (χ4n) is 1.69. The topological polar surface area (TPSA) is 75.1 Å². The number of nitrogens with zero attached hydrogens (tertiary/aromatic N) is 3. The third kappa shape index (κ3) is 1.95. The maximum absolute atomic E-state index is 11.9. The largest absolute Gasteiger partial charge is 0.346 e.